The second kappa shape index (κ2) is 4.81. The molecule has 0 atom stereocenters. The first-order chi connectivity index (χ1) is 9.97. The fourth-order valence-electron chi connectivity index (χ4n) is 2.10. The van der Waals surface area contributed by atoms with E-state index in [1.807, 2.05) is 0 Å². The van der Waals surface area contributed by atoms with E-state index in [9.17, 15) is 19.8 Å². The Morgan fingerprint density at radius 2 is 2.10 bits per heavy atom. The number of amidine groups is 1. The number of phenols is 2. The molecule has 0 radical (unpaired) electrons. The lowest BCUT2D eigenvalue weighted by atomic mass is 10.2. The molecule has 7 nitrogen and oxygen atoms in total. The fraction of sp³-hybridized carbons (Fsp3) is 0.154. The van der Waals surface area contributed by atoms with E-state index in [1.54, 1.807) is 0 Å². The average Bonchev–Trinajstić information content (AvgIpc) is 2.82. The summed E-state index contributed by atoms with van der Waals surface area (Å²) in [7, 11) is 0. The molecule has 8 heteroatoms. The predicted octanol–water partition coefficient (Wildman–Crippen LogP) is 1.33. The van der Waals surface area contributed by atoms with Gasteiger partial charge in [-0.1, -0.05) is 11.8 Å². The molecule has 1 aromatic heterocycles. The minimum Gasteiger partial charge on any atom is -0.508 e. The van der Waals surface area contributed by atoms with Gasteiger partial charge in [0.1, 0.15) is 22.5 Å². The Bertz CT molecular complexity index is 829. The fourth-order valence-corrected chi connectivity index (χ4v) is 2.90. The van der Waals surface area contributed by atoms with Gasteiger partial charge in [0.2, 0.25) is 0 Å². The summed E-state index contributed by atoms with van der Waals surface area (Å²) < 4.78 is 5.31. The van der Waals surface area contributed by atoms with Crippen molar-refractivity contribution in [3.05, 3.63) is 34.2 Å². The number of nitrogens with one attached hydrogen (secondary N) is 1. The second-order valence-electron chi connectivity index (χ2n) is 4.42. The van der Waals surface area contributed by atoms with Crippen molar-refractivity contribution in [2.24, 2.45) is 0 Å². The standard InChI is InChI=1S/C13H10N2O5S/c14-13-15(1-2-21-13)12(19)10-5-8(18)11-7(17)3-6(16)4-9(11)20-10/h3-5,14,16-17H,1-2H2. The first kappa shape index (κ1) is 13.5. The zero-order valence-electron chi connectivity index (χ0n) is 10.6. The van der Waals surface area contributed by atoms with Crippen molar-refractivity contribution >= 4 is 33.8 Å². The second-order valence-corrected chi connectivity index (χ2v) is 5.51. The molecule has 1 aliphatic heterocycles. The van der Waals surface area contributed by atoms with Crippen molar-refractivity contribution in [1.29, 1.82) is 5.41 Å². The zero-order chi connectivity index (χ0) is 15.1. The maximum Gasteiger partial charge on any atom is 0.295 e. The average molecular weight is 306 g/mol. The van der Waals surface area contributed by atoms with E-state index in [1.165, 1.54) is 16.7 Å². The lowest BCUT2D eigenvalue weighted by molar-refractivity contribution is 0.0829. The summed E-state index contributed by atoms with van der Waals surface area (Å²) in [6.07, 6.45) is 0. The number of phenolic OH excluding ortho intramolecular Hbond substituents is 2. The van der Waals surface area contributed by atoms with Gasteiger partial charge in [-0.3, -0.25) is 19.9 Å². The van der Waals surface area contributed by atoms with Crippen LogP contribution < -0.4 is 5.43 Å². The monoisotopic (exact) mass is 306 g/mol. The molecule has 1 amide bonds. The maximum absolute atomic E-state index is 12.2. The van der Waals surface area contributed by atoms with Crippen molar-refractivity contribution in [3.8, 4) is 11.5 Å². The van der Waals surface area contributed by atoms with Crippen LogP contribution >= 0.6 is 11.8 Å². The van der Waals surface area contributed by atoms with Crippen LogP contribution in [0.4, 0.5) is 0 Å². The van der Waals surface area contributed by atoms with E-state index < -0.39 is 17.1 Å². The van der Waals surface area contributed by atoms with Crippen molar-refractivity contribution in [2.45, 2.75) is 0 Å². The molecule has 1 saturated heterocycles. The Balaban J connectivity index is 2.14. The van der Waals surface area contributed by atoms with Crippen LogP contribution in [0.3, 0.4) is 0 Å². The normalized spacial score (nSPS) is 14.9. The molecule has 21 heavy (non-hydrogen) atoms. The summed E-state index contributed by atoms with van der Waals surface area (Å²) in [5.41, 5.74) is -0.669. The number of hydrogen-bond acceptors (Lipinski definition) is 7. The van der Waals surface area contributed by atoms with E-state index in [0.717, 1.165) is 18.2 Å². The highest BCUT2D eigenvalue weighted by Crippen LogP contribution is 2.28. The molecule has 3 N–H and O–H groups in total. The van der Waals surface area contributed by atoms with Crippen molar-refractivity contribution < 1.29 is 19.4 Å². The molecule has 0 spiro atoms. The first-order valence-corrected chi connectivity index (χ1v) is 6.99. The molecule has 0 aliphatic carbocycles. The Hall–Kier alpha value is -2.48. The summed E-state index contributed by atoms with van der Waals surface area (Å²) in [6.45, 7) is 0.370. The molecule has 0 saturated carbocycles. The molecule has 1 aromatic carbocycles. The highest BCUT2D eigenvalue weighted by molar-refractivity contribution is 8.14. The number of carbonyl (C=O) groups is 1. The number of nitrogens with zero attached hydrogens (tertiary/aromatic N) is 1. The van der Waals surface area contributed by atoms with Crippen molar-refractivity contribution in [2.75, 3.05) is 12.3 Å². The highest BCUT2D eigenvalue weighted by atomic mass is 32.2. The number of benzene rings is 1. The smallest absolute Gasteiger partial charge is 0.295 e. The van der Waals surface area contributed by atoms with E-state index >= 15 is 0 Å². The van der Waals surface area contributed by atoms with Gasteiger partial charge in [-0.2, -0.15) is 0 Å². The van der Waals surface area contributed by atoms with Crippen LogP contribution in [0.2, 0.25) is 0 Å². The number of thioether (sulfide) groups is 1. The lowest BCUT2D eigenvalue weighted by Crippen LogP contribution is -2.31. The third-order valence-corrected chi connectivity index (χ3v) is 3.93. The molecular weight excluding hydrogens is 296 g/mol. The molecule has 1 aliphatic rings. The zero-order valence-corrected chi connectivity index (χ0v) is 11.4. The van der Waals surface area contributed by atoms with Crippen LogP contribution in [-0.4, -0.2) is 38.5 Å². The Morgan fingerprint density at radius 1 is 1.33 bits per heavy atom. The highest BCUT2D eigenvalue weighted by Gasteiger charge is 2.28. The van der Waals surface area contributed by atoms with Crippen LogP contribution in [0.15, 0.2) is 27.4 Å². The van der Waals surface area contributed by atoms with E-state index in [4.69, 9.17) is 9.83 Å². The third-order valence-electron chi connectivity index (χ3n) is 3.05. The Labute approximate surface area is 122 Å². The van der Waals surface area contributed by atoms with Gasteiger partial charge in [0.05, 0.1) is 0 Å². The summed E-state index contributed by atoms with van der Waals surface area (Å²) in [4.78, 5) is 25.4. The SMILES string of the molecule is N=C1SCCN1C(=O)c1cc(=O)c2c(O)cc(O)cc2o1. The van der Waals surface area contributed by atoms with Gasteiger partial charge in [0.25, 0.3) is 5.91 Å². The summed E-state index contributed by atoms with van der Waals surface area (Å²) >= 11 is 1.23. The quantitative estimate of drug-likeness (QED) is 0.732. The maximum atomic E-state index is 12.2. The molecule has 108 valence electrons. The van der Waals surface area contributed by atoms with Crippen LogP contribution in [0.5, 0.6) is 11.5 Å². The van der Waals surface area contributed by atoms with E-state index in [-0.39, 0.29) is 27.6 Å². The number of aromatic hydroxyl groups is 2. The molecule has 0 bridgehead atoms. The molecule has 2 aromatic rings. The largest absolute Gasteiger partial charge is 0.508 e. The van der Waals surface area contributed by atoms with Gasteiger partial charge in [0, 0.05) is 30.5 Å². The van der Waals surface area contributed by atoms with Gasteiger partial charge in [0.15, 0.2) is 16.4 Å². The van der Waals surface area contributed by atoms with Crippen LogP contribution in [0.1, 0.15) is 10.6 Å². The van der Waals surface area contributed by atoms with Gasteiger partial charge in [-0.05, 0) is 0 Å². The minimum absolute atomic E-state index is 0.0817. The number of amides is 1. The topological polar surface area (TPSA) is 115 Å². The summed E-state index contributed by atoms with van der Waals surface area (Å²) in [5.74, 6) is -0.903. The molecule has 1 fully saturated rings. The van der Waals surface area contributed by atoms with Crippen LogP contribution in [0.25, 0.3) is 11.0 Å². The van der Waals surface area contributed by atoms with Gasteiger partial charge in [-0.25, -0.2) is 0 Å². The van der Waals surface area contributed by atoms with Gasteiger partial charge in [-0.15, -0.1) is 0 Å². The third kappa shape index (κ3) is 2.23. The summed E-state index contributed by atoms with van der Waals surface area (Å²) in [6, 6.07) is 3.16. The molecular formula is C13H10N2O5S. The molecule has 3 rings (SSSR count). The van der Waals surface area contributed by atoms with Gasteiger partial charge >= 0.3 is 0 Å². The Morgan fingerprint density at radius 3 is 2.76 bits per heavy atom. The number of carbonyl (C=O) groups excluding carboxylic acids is 1. The van der Waals surface area contributed by atoms with Crippen molar-refractivity contribution in [1.82, 2.24) is 4.90 Å². The Kier molecular flexibility index (Phi) is 3.09. The number of fused-ring (bicyclic) bond motifs is 1. The van der Waals surface area contributed by atoms with Crippen LogP contribution in [0, 0.1) is 5.41 Å². The lowest BCUT2D eigenvalue weighted by Gasteiger charge is -2.13. The number of rotatable bonds is 1. The first-order valence-electron chi connectivity index (χ1n) is 6.00. The van der Waals surface area contributed by atoms with E-state index in [2.05, 4.69) is 0 Å². The molecule has 0 unspecified atom stereocenters. The summed E-state index contributed by atoms with van der Waals surface area (Å²) in [5, 5.41) is 26.7. The predicted molar refractivity (Wildman–Crippen MR) is 77.0 cm³/mol. The van der Waals surface area contributed by atoms with Crippen LogP contribution in [-0.2, 0) is 0 Å². The van der Waals surface area contributed by atoms with E-state index in [0.29, 0.717) is 12.3 Å². The van der Waals surface area contributed by atoms with Gasteiger partial charge < -0.3 is 14.6 Å². The molecule has 2 heterocycles. The minimum atomic E-state index is -0.591. The number of hydrogen-bond donors (Lipinski definition) is 3. The van der Waals surface area contributed by atoms with Crippen molar-refractivity contribution in [3.63, 3.8) is 0 Å².